The van der Waals surface area contributed by atoms with Crippen molar-refractivity contribution in [1.29, 1.82) is 0 Å². The van der Waals surface area contributed by atoms with Crippen molar-refractivity contribution < 1.29 is 13.2 Å². The smallest absolute Gasteiger partial charge is 0.366 e. The van der Waals surface area contributed by atoms with Gasteiger partial charge in [-0.2, -0.15) is 13.2 Å². The molecule has 0 spiro atoms. The highest BCUT2D eigenvalue weighted by atomic mass is 79.9. The molecule has 102 valence electrons. The molecule has 0 heterocycles. The Hall–Kier alpha value is -0.750. The monoisotopic (exact) mass is 324 g/mol. The van der Waals surface area contributed by atoms with Crippen LogP contribution in [-0.4, -0.2) is 26.3 Å². The zero-order valence-electron chi connectivity index (χ0n) is 10.3. The van der Waals surface area contributed by atoms with Gasteiger partial charge in [0.05, 0.1) is 0 Å². The number of nitrogens with zero attached hydrogens (tertiary/aromatic N) is 1. The highest BCUT2D eigenvalue weighted by molar-refractivity contribution is 9.10. The third kappa shape index (κ3) is 4.86. The Morgan fingerprint density at radius 2 is 2.00 bits per heavy atom. The van der Waals surface area contributed by atoms with E-state index in [-0.39, 0.29) is 0 Å². The van der Waals surface area contributed by atoms with Gasteiger partial charge in [-0.3, -0.25) is 0 Å². The maximum atomic E-state index is 12.3. The van der Waals surface area contributed by atoms with Crippen molar-refractivity contribution in [2.75, 3.05) is 25.0 Å². The van der Waals surface area contributed by atoms with Gasteiger partial charge in [-0.1, -0.05) is 28.9 Å². The van der Waals surface area contributed by atoms with Crippen LogP contribution in [0.5, 0.6) is 0 Å². The fourth-order valence-electron chi connectivity index (χ4n) is 1.54. The third-order valence-corrected chi connectivity index (χ3v) is 3.20. The number of hydrogen-bond donors (Lipinski definition) is 1. The predicted octanol–water partition coefficient (Wildman–Crippen LogP) is 3.56. The van der Waals surface area contributed by atoms with Crippen molar-refractivity contribution in [3.8, 4) is 0 Å². The van der Waals surface area contributed by atoms with E-state index in [2.05, 4.69) is 21.2 Å². The van der Waals surface area contributed by atoms with Gasteiger partial charge in [0.15, 0.2) is 0 Å². The number of hydrogen-bond acceptors (Lipinski definition) is 2. The summed E-state index contributed by atoms with van der Waals surface area (Å²) in [5, 5.41) is 3.17. The van der Waals surface area contributed by atoms with E-state index in [4.69, 9.17) is 0 Å². The van der Waals surface area contributed by atoms with Crippen molar-refractivity contribution >= 4 is 21.6 Å². The Bertz CT molecular complexity index is 393. The Morgan fingerprint density at radius 1 is 1.33 bits per heavy atom. The molecule has 2 nitrogen and oxygen atoms in total. The van der Waals surface area contributed by atoms with Gasteiger partial charge in [-0.05, 0) is 24.2 Å². The molecule has 0 unspecified atom stereocenters. The highest BCUT2D eigenvalue weighted by Crippen LogP contribution is 2.26. The van der Waals surface area contributed by atoms with E-state index in [1.807, 2.05) is 13.0 Å². The molecule has 6 heteroatoms. The fraction of sp³-hybridized carbons (Fsp3) is 0.500. The summed E-state index contributed by atoms with van der Waals surface area (Å²) in [6, 6.07) is 5.23. The lowest BCUT2D eigenvalue weighted by molar-refractivity contribution is -0.119. The van der Waals surface area contributed by atoms with E-state index < -0.39 is 12.7 Å². The first-order valence-electron chi connectivity index (χ1n) is 5.60. The second-order valence-corrected chi connectivity index (χ2v) is 4.88. The van der Waals surface area contributed by atoms with Crippen LogP contribution < -0.4 is 10.2 Å². The van der Waals surface area contributed by atoms with Gasteiger partial charge >= 0.3 is 6.18 Å². The van der Waals surface area contributed by atoms with Gasteiger partial charge in [-0.15, -0.1) is 0 Å². The van der Waals surface area contributed by atoms with E-state index in [0.717, 1.165) is 16.6 Å². The van der Waals surface area contributed by atoms with Gasteiger partial charge in [0.1, 0.15) is 6.54 Å². The lowest BCUT2D eigenvalue weighted by Crippen LogP contribution is -2.30. The van der Waals surface area contributed by atoms with Crippen LogP contribution in [0.3, 0.4) is 0 Å². The quantitative estimate of drug-likeness (QED) is 0.891. The van der Waals surface area contributed by atoms with E-state index in [0.29, 0.717) is 12.2 Å². The molecule has 0 aromatic heterocycles. The number of benzene rings is 1. The Morgan fingerprint density at radius 3 is 2.50 bits per heavy atom. The highest BCUT2D eigenvalue weighted by Gasteiger charge is 2.29. The topological polar surface area (TPSA) is 15.3 Å². The molecule has 0 fully saturated rings. The second kappa shape index (κ2) is 6.43. The fourth-order valence-corrected chi connectivity index (χ4v) is 2.04. The number of nitrogens with one attached hydrogen (secondary N) is 1. The summed E-state index contributed by atoms with van der Waals surface area (Å²) >= 11 is 3.38. The summed E-state index contributed by atoms with van der Waals surface area (Å²) in [4.78, 5) is 1.18. The number of anilines is 1. The molecule has 1 rings (SSSR count). The normalized spacial score (nSPS) is 11.7. The maximum absolute atomic E-state index is 12.3. The van der Waals surface area contributed by atoms with Crippen LogP contribution in [0.4, 0.5) is 18.9 Å². The zero-order chi connectivity index (χ0) is 13.8. The Balaban J connectivity index is 2.77. The Kier molecular flexibility index (Phi) is 5.47. The van der Waals surface area contributed by atoms with Crippen molar-refractivity contribution in [3.05, 3.63) is 28.2 Å². The van der Waals surface area contributed by atoms with Crippen LogP contribution in [0.15, 0.2) is 22.7 Å². The van der Waals surface area contributed by atoms with Crippen LogP contribution >= 0.6 is 15.9 Å². The van der Waals surface area contributed by atoms with Crippen LogP contribution in [-0.2, 0) is 6.54 Å². The summed E-state index contributed by atoms with van der Waals surface area (Å²) in [6.07, 6.45) is -4.19. The molecule has 1 N–H and O–H groups in total. The van der Waals surface area contributed by atoms with Crippen molar-refractivity contribution in [2.24, 2.45) is 0 Å². The first kappa shape index (κ1) is 15.3. The molecular weight excluding hydrogens is 309 g/mol. The van der Waals surface area contributed by atoms with Crippen LogP contribution in [0.25, 0.3) is 0 Å². The summed E-state index contributed by atoms with van der Waals surface area (Å²) in [6.45, 7) is 2.59. The lowest BCUT2D eigenvalue weighted by atomic mass is 10.2. The van der Waals surface area contributed by atoms with Crippen LogP contribution in [0.2, 0.25) is 0 Å². The molecule has 0 bridgehead atoms. The molecule has 0 atom stereocenters. The SMILES string of the molecule is CCNCc1ccc(N(C)CC(F)(F)F)cc1Br. The predicted molar refractivity (Wildman–Crippen MR) is 70.8 cm³/mol. The number of rotatable bonds is 5. The molecule has 0 aliphatic rings. The van der Waals surface area contributed by atoms with Gasteiger partial charge in [-0.25, -0.2) is 0 Å². The van der Waals surface area contributed by atoms with Crippen molar-refractivity contribution in [1.82, 2.24) is 5.32 Å². The van der Waals surface area contributed by atoms with Crippen molar-refractivity contribution in [3.63, 3.8) is 0 Å². The molecule has 0 saturated carbocycles. The molecule has 1 aromatic rings. The van der Waals surface area contributed by atoms with E-state index in [9.17, 15) is 13.2 Å². The van der Waals surface area contributed by atoms with E-state index in [1.165, 1.54) is 11.9 Å². The molecular formula is C12H16BrF3N2. The minimum Gasteiger partial charge on any atom is -0.366 e. The zero-order valence-corrected chi connectivity index (χ0v) is 11.9. The van der Waals surface area contributed by atoms with Crippen molar-refractivity contribution in [2.45, 2.75) is 19.6 Å². The summed E-state index contributed by atoms with van der Waals surface area (Å²) < 4.78 is 37.6. The summed E-state index contributed by atoms with van der Waals surface area (Å²) in [7, 11) is 1.43. The summed E-state index contributed by atoms with van der Waals surface area (Å²) in [5.74, 6) is 0. The van der Waals surface area contributed by atoms with Gasteiger partial charge in [0.25, 0.3) is 0 Å². The minimum absolute atomic E-state index is 0.541. The second-order valence-electron chi connectivity index (χ2n) is 4.03. The summed E-state index contributed by atoms with van der Waals surface area (Å²) in [5.41, 5.74) is 1.57. The van der Waals surface area contributed by atoms with Crippen LogP contribution in [0.1, 0.15) is 12.5 Å². The maximum Gasteiger partial charge on any atom is 0.405 e. The molecule has 18 heavy (non-hydrogen) atoms. The van der Waals surface area contributed by atoms with Gasteiger partial charge in [0, 0.05) is 23.8 Å². The van der Waals surface area contributed by atoms with Gasteiger partial charge < -0.3 is 10.2 Å². The molecule has 1 aromatic carbocycles. The average molecular weight is 325 g/mol. The first-order valence-corrected chi connectivity index (χ1v) is 6.40. The number of halogens is 4. The van der Waals surface area contributed by atoms with E-state index >= 15 is 0 Å². The molecule has 0 aliphatic carbocycles. The molecule has 0 radical (unpaired) electrons. The van der Waals surface area contributed by atoms with Gasteiger partial charge in [0.2, 0.25) is 0 Å². The molecule has 0 saturated heterocycles. The lowest BCUT2D eigenvalue weighted by Gasteiger charge is -2.21. The average Bonchev–Trinajstić information content (AvgIpc) is 2.25. The molecule has 0 amide bonds. The number of alkyl halides is 3. The van der Waals surface area contributed by atoms with Crippen LogP contribution in [0, 0.1) is 0 Å². The first-order chi connectivity index (χ1) is 8.33. The minimum atomic E-state index is -4.19. The molecule has 0 aliphatic heterocycles. The Labute approximate surface area is 113 Å². The standard InChI is InChI=1S/C12H16BrF3N2/c1-3-17-7-9-4-5-10(6-11(9)13)18(2)8-12(14,15)16/h4-6,17H,3,7-8H2,1-2H3. The third-order valence-electron chi connectivity index (χ3n) is 2.46. The largest absolute Gasteiger partial charge is 0.405 e. The van der Waals surface area contributed by atoms with E-state index in [1.54, 1.807) is 12.1 Å².